The van der Waals surface area contributed by atoms with Crippen LogP contribution in [0.2, 0.25) is 0 Å². The summed E-state index contributed by atoms with van der Waals surface area (Å²) in [6.45, 7) is 3.04. The van der Waals surface area contributed by atoms with Gasteiger partial charge in [0, 0.05) is 31.1 Å². The zero-order valence-corrected chi connectivity index (χ0v) is 17.4. The summed E-state index contributed by atoms with van der Waals surface area (Å²) in [6, 6.07) is 6.09. The molecule has 0 saturated heterocycles. The van der Waals surface area contributed by atoms with Crippen molar-refractivity contribution in [1.82, 2.24) is 24.8 Å². The Hall–Kier alpha value is -2.04. The molecule has 28 heavy (non-hydrogen) atoms. The molecule has 1 aliphatic carbocycles. The third-order valence-electron chi connectivity index (χ3n) is 4.87. The van der Waals surface area contributed by atoms with E-state index in [1.165, 1.54) is 12.1 Å². The second kappa shape index (κ2) is 8.97. The second-order valence-corrected chi connectivity index (χ2v) is 8.93. The van der Waals surface area contributed by atoms with E-state index in [0.29, 0.717) is 29.8 Å². The van der Waals surface area contributed by atoms with Crippen molar-refractivity contribution in [2.75, 3.05) is 6.54 Å². The van der Waals surface area contributed by atoms with Gasteiger partial charge in [0.1, 0.15) is 5.82 Å². The average molecular weight is 424 g/mol. The summed E-state index contributed by atoms with van der Waals surface area (Å²) >= 11 is 5.15. The highest BCUT2D eigenvalue weighted by Gasteiger charge is 2.23. The summed E-state index contributed by atoms with van der Waals surface area (Å²) in [5.74, 6) is 0.444. The number of aromatic amines is 1. The van der Waals surface area contributed by atoms with Gasteiger partial charge in [0.25, 0.3) is 5.91 Å². The Kier molecular flexibility index (Phi) is 6.63. The van der Waals surface area contributed by atoms with E-state index in [1.807, 2.05) is 11.5 Å². The number of sulfonamides is 1. The maximum atomic E-state index is 12.6. The van der Waals surface area contributed by atoms with Gasteiger partial charge in [-0.3, -0.25) is 9.89 Å². The number of amides is 1. The normalized spacial score (nSPS) is 15.0. The van der Waals surface area contributed by atoms with Crippen LogP contribution in [0.25, 0.3) is 0 Å². The molecule has 1 amide bonds. The van der Waals surface area contributed by atoms with E-state index in [1.54, 1.807) is 12.1 Å². The molecule has 0 bridgehead atoms. The molecule has 0 atom stereocenters. The Bertz CT molecular complexity index is 991. The van der Waals surface area contributed by atoms with Crippen LogP contribution in [-0.2, 0) is 23.0 Å². The van der Waals surface area contributed by atoms with Crippen molar-refractivity contribution < 1.29 is 13.2 Å². The minimum Gasteiger partial charge on any atom is -0.352 e. The number of aromatic nitrogens is 3. The van der Waals surface area contributed by atoms with Gasteiger partial charge in [-0.25, -0.2) is 13.1 Å². The maximum Gasteiger partial charge on any atom is 0.251 e. The SMILES string of the molecule is CCn1c(CCNC(=O)c2cccc(S(=O)(=O)NC3CCCC3)c2)n[nH]c1=S. The van der Waals surface area contributed by atoms with Crippen molar-refractivity contribution >= 4 is 28.1 Å². The molecule has 1 aromatic carbocycles. The van der Waals surface area contributed by atoms with E-state index < -0.39 is 10.0 Å². The molecule has 2 aromatic rings. The Morgan fingerprint density at radius 1 is 1.36 bits per heavy atom. The van der Waals surface area contributed by atoms with Gasteiger partial charge in [0.05, 0.1) is 4.90 Å². The number of benzene rings is 1. The van der Waals surface area contributed by atoms with Gasteiger partial charge in [-0.1, -0.05) is 18.9 Å². The summed E-state index contributed by atoms with van der Waals surface area (Å²) in [5, 5.41) is 9.70. The zero-order valence-electron chi connectivity index (χ0n) is 15.8. The van der Waals surface area contributed by atoms with E-state index in [-0.39, 0.29) is 16.8 Å². The quantitative estimate of drug-likeness (QED) is 0.564. The lowest BCUT2D eigenvalue weighted by Gasteiger charge is -2.13. The lowest BCUT2D eigenvalue weighted by Crippen LogP contribution is -2.33. The molecule has 3 rings (SSSR count). The molecule has 1 heterocycles. The van der Waals surface area contributed by atoms with Crippen molar-refractivity contribution in [2.24, 2.45) is 0 Å². The average Bonchev–Trinajstić information content (AvgIpc) is 3.30. The maximum absolute atomic E-state index is 12.6. The lowest BCUT2D eigenvalue weighted by atomic mass is 10.2. The summed E-state index contributed by atoms with van der Waals surface area (Å²) in [6.07, 6.45) is 4.31. The molecule has 0 spiro atoms. The van der Waals surface area contributed by atoms with E-state index in [2.05, 4.69) is 20.2 Å². The Labute approximate surface area is 169 Å². The molecular formula is C18H25N5O3S2. The molecule has 0 aliphatic heterocycles. The third-order valence-corrected chi connectivity index (χ3v) is 6.70. The highest BCUT2D eigenvalue weighted by molar-refractivity contribution is 7.89. The first-order valence-electron chi connectivity index (χ1n) is 9.45. The van der Waals surface area contributed by atoms with Gasteiger partial charge in [-0.2, -0.15) is 5.10 Å². The van der Waals surface area contributed by atoms with Crippen molar-refractivity contribution in [3.63, 3.8) is 0 Å². The minimum absolute atomic E-state index is 0.0177. The van der Waals surface area contributed by atoms with Gasteiger partial charge < -0.3 is 9.88 Å². The Morgan fingerprint density at radius 2 is 2.11 bits per heavy atom. The first-order valence-corrected chi connectivity index (χ1v) is 11.3. The van der Waals surface area contributed by atoms with Crippen LogP contribution in [0.5, 0.6) is 0 Å². The smallest absolute Gasteiger partial charge is 0.251 e. The number of carbonyl (C=O) groups excluding carboxylic acids is 1. The van der Waals surface area contributed by atoms with Crippen LogP contribution in [-0.4, -0.2) is 41.7 Å². The first-order chi connectivity index (χ1) is 13.4. The van der Waals surface area contributed by atoms with Gasteiger partial charge in [-0.05, 0) is 50.2 Å². The molecule has 0 unspecified atom stereocenters. The predicted octanol–water partition coefficient (Wildman–Crippen LogP) is 2.15. The molecule has 1 saturated carbocycles. The fourth-order valence-electron chi connectivity index (χ4n) is 3.39. The van der Waals surface area contributed by atoms with Crippen LogP contribution in [0, 0.1) is 4.77 Å². The van der Waals surface area contributed by atoms with Crippen LogP contribution < -0.4 is 10.0 Å². The molecule has 1 fully saturated rings. The molecule has 8 nitrogen and oxygen atoms in total. The van der Waals surface area contributed by atoms with Crippen LogP contribution in [0.3, 0.4) is 0 Å². The van der Waals surface area contributed by atoms with E-state index in [0.717, 1.165) is 31.5 Å². The highest BCUT2D eigenvalue weighted by atomic mass is 32.2. The van der Waals surface area contributed by atoms with Crippen LogP contribution in [0.15, 0.2) is 29.2 Å². The van der Waals surface area contributed by atoms with Gasteiger partial charge >= 0.3 is 0 Å². The van der Waals surface area contributed by atoms with Crippen molar-refractivity contribution in [1.29, 1.82) is 0 Å². The lowest BCUT2D eigenvalue weighted by molar-refractivity contribution is 0.0953. The fraction of sp³-hybridized carbons (Fsp3) is 0.500. The van der Waals surface area contributed by atoms with Gasteiger partial charge in [-0.15, -0.1) is 0 Å². The molecule has 1 aromatic heterocycles. The second-order valence-electron chi connectivity index (χ2n) is 6.83. The first kappa shape index (κ1) is 20.7. The Balaban J connectivity index is 1.62. The van der Waals surface area contributed by atoms with Gasteiger partial charge in [0.2, 0.25) is 10.0 Å². The molecule has 3 N–H and O–H groups in total. The molecule has 10 heteroatoms. The summed E-state index contributed by atoms with van der Waals surface area (Å²) in [4.78, 5) is 12.5. The fourth-order valence-corrected chi connectivity index (χ4v) is 5.02. The molecular weight excluding hydrogens is 398 g/mol. The molecule has 0 radical (unpaired) electrons. The summed E-state index contributed by atoms with van der Waals surface area (Å²) in [7, 11) is -3.63. The van der Waals surface area contributed by atoms with Crippen molar-refractivity contribution in [2.45, 2.75) is 56.5 Å². The van der Waals surface area contributed by atoms with E-state index in [9.17, 15) is 13.2 Å². The third kappa shape index (κ3) is 4.86. The van der Waals surface area contributed by atoms with Gasteiger partial charge in [0.15, 0.2) is 4.77 Å². The minimum atomic E-state index is -3.63. The molecule has 152 valence electrons. The zero-order chi connectivity index (χ0) is 20.1. The predicted molar refractivity (Wildman–Crippen MR) is 108 cm³/mol. The van der Waals surface area contributed by atoms with Crippen LogP contribution >= 0.6 is 12.2 Å². The Morgan fingerprint density at radius 3 is 2.82 bits per heavy atom. The topological polar surface area (TPSA) is 109 Å². The number of nitrogens with one attached hydrogen (secondary N) is 3. The van der Waals surface area contributed by atoms with E-state index in [4.69, 9.17) is 12.2 Å². The number of nitrogens with zero attached hydrogens (tertiary/aromatic N) is 2. The van der Waals surface area contributed by atoms with Crippen molar-refractivity contribution in [3.8, 4) is 0 Å². The number of hydrogen-bond acceptors (Lipinski definition) is 5. The molecule has 1 aliphatic rings. The highest BCUT2D eigenvalue weighted by Crippen LogP contribution is 2.20. The van der Waals surface area contributed by atoms with Crippen LogP contribution in [0.1, 0.15) is 48.8 Å². The number of hydrogen-bond donors (Lipinski definition) is 3. The number of carbonyl (C=O) groups is 1. The largest absolute Gasteiger partial charge is 0.352 e. The van der Waals surface area contributed by atoms with E-state index >= 15 is 0 Å². The number of H-pyrrole nitrogens is 1. The standard InChI is InChI=1S/C18H25N5O3S2/c1-2-23-16(20-21-18(23)27)10-11-19-17(24)13-6-5-9-15(12-13)28(25,26)22-14-7-3-4-8-14/h5-6,9,12,14,22H,2-4,7-8,10-11H2,1H3,(H,19,24)(H,21,27). The number of rotatable bonds is 8. The summed E-state index contributed by atoms with van der Waals surface area (Å²) < 4.78 is 30.3. The van der Waals surface area contributed by atoms with Crippen molar-refractivity contribution in [3.05, 3.63) is 40.4 Å². The van der Waals surface area contributed by atoms with Crippen LogP contribution in [0.4, 0.5) is 0 Å². The summed E-state index contributed by atoms with van der Waals surface area (Å²) in [5.41, 5.74) is 0.309. The monoisotopic (exact) mass is 423 g/mol.